The van der Waals surface area contributed by atoms with E-state index in [1.54, 1.807) is 6.92 Å². The lowest BCUT2D eigenvalue weighted by molar-refractivity contribution is -0.274. The Morgan fingerprint density at radius 3 is 2.32 bits per heavy atom. The van der Waals surface area contributed by atoms with Crippen molar-refractivity contribution in [3.63, 3.8) is 0 Å². The third-order valence-corrected chi connectivity index (χ3v) is 4.95. The summed E-state index contributed by atoms with van der Waals surface area (Å²) >= 11 is 0. The Bertz CT molecular complexity index is 945. The summed E-state index contributed by atoms with van der Waals surface area (Å²) in [5.74, 6) is -1.50. The zero-order valence-corrected chi connectivity index (χ0v) is 15.3. The largest absolute Gasteiger partial charge is 0.573 e. The number of nitrogens with one attached hydrogen (secondary N) is 2. The number of carbonyl (C=O) groups is 1. The van der Waals surface area contributed by atoms with Crippen LogP contribution in [0.4, 0.5) is 23.2 Å². The van der Waals surface area contributed by atoms with Crippen molar-refractivity contribution in [2.24, 2.45) is 0 Å². The van der Waals surface area contributed by atoms with Crippen molar-refractivity contribution in [3.05, 3.63) is 53.8 Å². The van der Waals surface area contributed by atoms with E-state index in [2.05, 4.69) is 14.8 Å². The van der Waals surface area contributed by atoms with Gasteiger partial charge in [-0.05, 0) is 55.0 Å². The average Bonchev–Trinajstić information content (AvgIpc) is 2.56. The highest BCUT2D eigenvalue weighted by atomic mass is 32.2. The van der Waals surface area contributed by atoms with Gasteiger partial charge in [0.2, 0.25) is 15.9 Å². The first kappa shape index (κ1) is 21.6. The summed E-state index contributed by atoms with van der Waals surface area (Å²) in [5, 5.41) is 2.53. The van der Waals surface area contributed by atoms with Gasteiger partial charge in [0.05, 0.1) is 4.90 Å². The zero-order chi connectivity index (χ0) is 20.9. The first-order chi connectivity index (χ1) is 13.0. The molecule has 0 saturated heterocycles. The van der Waals surface area contributed by atoms with E-state index in [1.807, 2.05) is 0 Å². The number of hydrogen-bond acceptors (Lipinski definition) is 4. The number of anilines is 1. The number of halogens is 4. The molecule has 11 heteroatoms. The molecule has 0 aliphatic carbocycles. The molecule has 0 bridgehead atoms. The first-order valence-electron chi connectivity index (χ1n) is 7.88. The van der Waals surface area contributed by atoms with Crippen molar-refractivity contribution in [3.8, 4) is 5.75 Å². The molecule has 0 radical (unpaired) electrons. The number of alkyl halides is 3. The van der Waals surface area contributed by atoms with Crippen LogP contribution >= 0.6 is 0 Å². The van der Waals surface area contributed by atoms with Crippen LogP contribution in [-0.2, 0) is 14.8 Å². The maximum absolute atomic E-state index is 13.0. The van der Waals surface area contributed by atoms with Crippen molar-refractivity contribution < 1.29 is 35.5 Å². The van der Waals surface area contributed by atoms with E-state index in [-0.39, 0.29) is 17.9 Å². The van der Waals surface area contributed by atoms with E-state index in [4.69, 9.17) is 0 Å². The highest BCUT2D eigenvalue weighted by Gasteiger charge is 2.31. The minimum absolute atomic E-state index is 0.203. The molecule has 0 spiro atoms. The van der Waals surface area contributed by atoms with E-state index >= 15 is 0 Å². The van der Waals surface area contributed by atoms with Crippen LogP contribution in [0.2, 0.25) is 0 Å². The Morgan fingerprint density at radius 2 is 1.75 bits per heavy atom. The van der Waals surface area contributed by atoms with Gasteiger partial charge in [0.15, 0.2) is 0 Å². The molecule has 0 saturated carbocycles. The van der Waals surface area contributed by atoms with Gasteiger partial charge in [-0.25, -0.2) is 17.5 Å². The van der Waals surface area contributed by atoms with Crippen molar-refractivity contribution in [2.45, 2.75) is 24.6 Å². The molecule has 1 amide bonds. The molecule has 0 aliphatic heterocycles. The van der Waals surface area contributed by atoms with Crippen molar-refractivity contribution in [2.75, 3.05) is 11.9 Å². The smallest absolute Gasteiger partial charge is 0.406 e. The highest BCUT2D eigenvalue weighted by molar-refractivity contribution is 7.89. The predicted molar refractivity (Wildman–Crippen MR) is 92.7 cm³/mol. The van der Waals surface area contributed by atoms with E-state index in [0.717, 1.165) is 24.3 Å². The molecule has 0 heterocycles. The van der Waals surface area contributed by atoms with E-state index in [1.165, 1.54) is 18.2 Å². The number of ether oxygens (including phenoxy) is 1. The van der Waals surface area contributed by atoms with Crippen LogP contribution < -0.4 is 14.8 Å². The van der Waals surface area contributed by atoms with Gasteiger partial charge in [0.25, 0.3) is 0 Å². The van der Waals surface area contributed by atoms with Crippen LogP contribution in [0.25, 0.3) is 0 Å². The van der Waals surface area contributed by atoms with Gasteiger partial charge >= 0.3 is 6.36 Å². The number of rotatable bonds is 7. The number of benzene rings is 2. The lowest BCUT2D eigenvalue weighted by Gasteiger charge is -2.11. The molecule has 2 aromatic rings. The molecular formula is C17H16F4N2O4S. The molecule has 152 valence electrons. The van der Waals surface area contributed by atoms with E-state index in [0.29, 0.717) is 11.3 Å². The van der Waals surface area contributed by atoms with Crippen LogP contribution in [0.5, 0.6) is 5.75 Å². The minimum Gasteiger partial charge on any atom is -0.406 e. The van der Waals surface area contributed by atoms with E-state index in [9.17, 15) is 30.8 Å². The number of sulfonamides is 1. The normalized spacial score (nSPS) is 11.9. The quantitative estimate of drug-likeness (QED) is 0.673. The molecular weight excluding hydrogens is 404 g/mol. The fourth-order valence-electron chi connectivity index (χ4n) is 2.18. The molecule has 0 fully saturated rings. The maximum atomic E-state index is 13.0. The second-order valence-corrected chi connectivity index (χ2v) is 7.44. The molecule has 0 unspecified atom stereocenters. The molecule has 28 heavy (non-hydrogen) atoms. The number of aryl methyl sites for hydroxylation is 1. The summed E-state index contributed by atoms with van der Waals surface area (Å²) in [6.07, 6.45) is -5.08. The second-order valence-electron chi connectivity index (χ2n) is 5.67. The lowest BCUT2D eigenvalue weighted by atomic mass is 10.2. The highest BCUT2D eigenvalue weighted by Crippen LogP contribution is 2.23. The maximum Gasteiger partial charge on any atom is 0.573 e. The second kappa shape index (κ2) is 8.57. The Labute approximate surface area is 158 Å². The molecule has 0 aliphatic rings. The molecule has 0 atom stereocenters. The van der Waals surface area contributed by atoms with Crippen LogP contribution in [0.3, 0.4) is 0 Å². The van der Waals surface area contributed by atoms with Crippen molar-refractivity contribution in [1.82, 2.24) is 4.72 Å². The third kappa shape index (κ3) is 6.50. The van der Waals surface area contributed by atoms with Gasteiger partial charge in [0, 0.05) is 18.7 Å². The number of hydrogen-bond donors (Lipinski definition) is 2. The third-order valence-electron chi connectivity index (χ3n) is 3.47. The van der Waals surface area contributed by atoms with Gasteiger partial charge in [0.1, 0.15) is 11.6 Å². The molecule has 6 nitrogen and oxygen atoms in total. The van der Waals surface area contributed by atoms with Gasteiger partial charge < -0.3 is 10.1 Å². The molecule has 2 aromatic carbocycles. The Hall–Kier alpha value is -2.66. The van der Waals surface area contributed by atoms with Gasteiger partial charge in [-0.2, -0.15) is 0 Å². The standard InChI is InChI=1S/C17H16F4N2O4S/c1-11-10-12(18)2-7-15(11)23-16(24)8-9-22-28(25,26)14-5-3-13(4-6-14)27-17(19,20)21/h2-7,10,22H,8-9H2,1H3,(H,23,24). The number of carbonyl (C=O) groups excluding carboxylic acids is 1. The summed E-state index contributed by atoms with van der Waals surface area (Å²) < 4.78 is 79.4. The topological polar surface area (TPSA) is 84.5 Å². The Kier molecular flexibility index (Phi) is 6.62. The SMILES string of the molecule is Cc1cc(F)ccc1NC(=O)CCNS(=O)(=O)c1ccc(OC(F)(F)F)cc1. The zero-order valence-electron chi connectivity index (χ0n) is 14.5. The molecule has 0 aromatic heterocycles. The summed E-state index contributed by atoms with van der Waals surface area (Å²) in [5.41, 5.74) is 0.907. The van der Waals surface area contributed by atoms with Crippen LogP contribution in [0.15, 0.2) is 47.4 Å². The molecule has 2 N–H and O–H groups in total. The summed E-state index contributed by atoms with van der Waals surface area (Å²) in [4.78, 5) is 11.6. The van der Waals surface area contributed by atoms with Crippen LogP contribution in [0, 0.1) is 12.7 Å². The predicted octanol–water partition coefficient (Wildman–Crippen LogP) is 3.34. The van der Waals surface area contributed by atoms with Crippen LogP contribution in [-0.4, -0.2) is 27.2 Å². The van der Waals surface area contributed by atoms with Crippen molar-refractivity contribution in [1.29, 1.82) is 0 Å². The first-order valence-corrected chi connectivity index (χ1v) is 9.36. The van der Waals surface area contributed by atoms with Gasteiger partial charge in [-0.3, -0.25) is 4.79 Å². The van der Waals surface area contributed by atoms with Gasteiger partial charge in [-0.1, -0.05) is 0 Å². The average molecular weight is 420 g/mol. The fourth-order valence-corrected chi connectivity index (χ4v) is 3.21. The minimum atomic E-state index is -4.88. The monoisotopic (exact) mass is 420 g/mol. The summed E-state index contributed by atoms with van der Waals surface area (Å²) in [7, 11) is -4.02. The van der Waals surface area contributed by atoms with E-state index < -0.39 is 33.9 Å². The number of amides is 1. The van der Waals surface area contributed by atoms with Crippen molar-refractivity contribution >= 4 is 21.6 Å². The van der Waals surface area contributed by atoms with Gasteiger partial charge in [-0.15, -0.1) is 13.2 Å². The summed E-state index contributed by atoms with van der Waals surface area (Å²) in [6, 6.07) is 7.44. The Morgan fingerprint density at radius 1 is 1.11 bits per heavy atom. The fraction of sp³-hybridized carbons (Fsp3) is 0.235. The lowest BCUT2D eigenvalue weighted by Crippen LogP contribution is -2.28. The summed E-state index contributed by atoms with van der Waals surface area (Å²) in [6.45, 7) is 1.36. The van der Waals surface area contributed by atoms with Crippen LogP contribution in [0.1, 0.15) is 12.0 Å². The molecule has 2 rings (SSSR count). The Balaban J connectivity index is 1.89.